The Bertz CT molecular complexity index is 454. The van der Waals surface area contributed by atoms with E-state index in [4.69, 9.17) is 10.8 Å². The average Bonchev–Trinajstić information content (AvgIpc) is 2.31. The van der Waals surface area contributed by atoms with Crippen molar-refractivity contribution >= 4 is 45.3 Å². The second kappa shape index (κ2) is 7.40. The smallest absolute Gasteiger partial charge is 0.337 e. The lowest BCUT2D eigenvalue weighted by atomic mass is 10.2. The summed E-state index contributed by atoms with van der Waals surface area (Å²) in [6.07, 6.45) is 0. The molecule has 0 saturated heterocycles. The third kappa shape index (κ3) is 4.67. The molecule has 5 nitrogen and oxygen atoms in total. The number of thioether (sulfide) groups is 1. The number of nitrogens with two attached hydrogens (primary N) is 1. The van der Waals surface area contributed by atoms with Crippen LogP contribution in [0.5, 0.6) is 0 Å². The van der Waals surface area contributed by atoms with E-state index in [9.17, 15) is 9.59 Å². The number of carboxylic acid groups (broad SMARTS) is 1. The molecular weight excluding hydrogens is 320 g/mol. The number of amides is 1. The summed E-state index contributed by atoms with van der Waals surface area (Å²) in [6.45, 7) is 0.511. The molecule has 1 aromatic rings. The highest BCUT2D eigenvalue weighted by molar-refractivity contribution is 9.10. The van der Waals surface area contributed by atoms with E-state index >= 15 is 0 Å². The van der Waals surface area contributed by atoms with Gasteiger partial charge in [-0.2, -0.15) is 11.8 Å². The van der Waals surface area contributed by atoms with Crippen molar-refractivity contribution in [2.24, 2.45) is 5.73 Å². The molecule has 1 amide bonds. The Balaban J connectivity index is 2.72. The Morgan fingerprint density at radius 1 is 1.44 bits per heavy atom. The number of hydrogen-bond acceptors (Lipinski definition) is 4. The number of benzene rings is 1. The summed E-state index contributed by atoms with van der Waals surface area (Å²) < 4.78 is 0.649. The van der Waals surface area contributed by atoms with E-state index in [-0.39, 0.29) is 17.2 Å². The standard InChI is InChI=1S/C11H13BrN2O3S/c12-7-1-2-9(8(5-7)11(16)17)14-10(15)6-18-4-3-13/h1-2,5H,3-4,6,13H2,(H,14,15)(H,16,17). The molecule has 1 rings (SSSR count). The molecule has 4 N–H and O–H groups in total. The van der Waals surface area contributed by atoms with E-state index in [2.05, 4.69) is 21.2 Å². The summed E-state index contributed by atoms with van der Waals surface area (Å²) in [6, 6.07) is 4.68. The van der Waals surface area contributed by atoms with Gasteiger partial charge in [0, 0.05) is 16.8 Å². The first-order chi connectivity index (χ1) is 8.54. The average molecular weight is 333 g/mol. The second-order valence-corrected chi connectivity index (χ2v) is 5.41. The zero-order valence-electron chi connectivity index (χ0n) is 9.48. The highest BCUT2D eigenvalue weighted by Gasteiger charge is 2.12. The quantitative estimate of drug-likeness (QED) is 0.690. The fourth-order valence-corrected chi connectivity index (χ4v) is 2.17. The van der Waals surface area contributed by atoms with Crippen molar-refractivity contribution in [2.75, 3.05) is 23.4 Å². The van der Waals surface area contributed by atoms with Crippen LogP contribution in [0.25, 0.3) is 0 Å². The van der Waals surface area contributed by atoms with Crippen LogP contribution >= 0.6 is 27.7 Å². The fourth-order valence-electron chi connectivity index (χ4n) is 1.24. The number of nitrogens with one attached hydrogen (secondary N) is 1. The lowest BCUT2D eigenvalue weighted by molar-refractivity contribution is -0.113. The van der Waals surface area contributed by atoms with Gasteiger partial charge in [0.15, 0.2) is 0 Å². The van der Waals surface area contributed by atoms with Gasteiger partial charge in [0.1, 0.15) is 0 Å². The normalized spacial score (nSPS) is 10.1. The molecule has 0 saturated carbocycles. The topological polar surface area (TPSA) is 92.4 Å². The van der Waals surface area contributed by atoms with Gasteiger partial charge in [-0.05, 0) is 18.2 Å². The monoisotopic (exact) mass is 332 g/mol. The van der Waals surface area contributed by atoms with E-state index in [1.807, 2.05) is 0 Å². The molecule has 0 aliphatic carbocycles. The largest absolute Gasteiger partial charge is 0.478 e. The summed E-state index contributed by atoms with van der Waals surface area (Å²) in [5, 5.41) is 11.6. The Morgan fingerprint density at radius 3 is 2.78 bits per heavy atom. The van der Waals surface area contributed by atoms with Crippen LogP contribution in [-0.4, -0.2) is 35.0 Å². The number of carbonyl (C=O) groups excluding carboxylic acids is 1. The van der Waals surface area contributed by atoms with Gasteiger partial charge in [0.2, 0.25) is 5.91 Å². The molecule has 0 unspecified atom stereocenters. The molecule has 1 aromatic carbocycles. The Hall–Kier alpha value is -1.05. The number of carboxylic acids is 1. The minimum atomic E-state index is -1.08. The maximum Gasteiger partial charge on any atom is 0.337 e. The molecule has 98 valence electrons. The van der Waals surface area contributed by atoms with Gasteiger partial charge < -0.3 is 16.2 Å². The number of anilines is 1. The van der Waals surface area contributed by atoms with Gasteiger partial charge in [0.25, 0.3) is 0 Å². The van der Waals surface area contributed by atoms with Crippen LogP contribution in [0.15, 0.2) is 22.7 Å². The first kappa shape index (κ1) is 15.0. The van der Waals surface area contributed by atoms with Crippen molar-refractivity contribution in [3.63, 3.8) is 0 Å². The Morgan fingerprint density at radius 2 is 2.17 bits per heavy atom. The lowest BCUT2D eigenvalue weighted by Gasteiger charge is -2.08. The van der Waals surface area contributed by atoms with Crippen LogP contribution in [0.3, 0.4) is 0 Å². The molecular formula is C11H13BrN2O3S. The summed E-state index contributed by atoms with van der Waals surface area (Å²) in [5.74, 6) is -0.370. The fraction of sp³-hybridized carbons (Fsp3) is 0.273. The molecule has 0 aliphatic rings. The predicted octanol–water partition coefficient (Wildman–Crippen LogP) is 1.78. The van der Waals surface area contributed by atoms with E-state index in [1.165, 1.54) is 17.8 Å². The van der Waals surface area contributed by atoms with E-state index in [0.29, 0.717) is 22.5 Å². The maximum atomic E-state index is 11.6. The molecule has 7 heteroatoms. The van der Waals surface area contributed by atoms with Crippen LogP contribution in [0.1, 0.15) is 10.4 Å². The van der Waals surface area contributed by atoms with Crippen LogP contribution < -0.4 is 11.1 Å². The first-order valence-corrected chi connectivity index (χ1v) is 7.10. The lowest BCUT2D eigenvalue weighted by Crippen LogP contribution is -2.17. The molecule has 0 radical (unpaired) electrons. The van der Waals surface area contributed by atoms with E-state index in [1.54, 1.807) is 12.1 Å². The number of carbonyl (C=O) groups is 2. The summed E-state index contributed by atoms with van der Waals surface area (Å²) in [5.41, 5.74) is 5.66. The van der Waals surface area contributed by atoms with Crippen molar-refractivity contribution in [1.82, 2.24) is 0 Å². The van der Waals surface area contributed by atoms with Crippen molar-refractivity contribution in [3.8, 4) is 0 Å². The van der Waals surface area contributed by atoms with Gasteiger partial charge in [-0.1, -0.05) is 15.9 Å². The zero-order valence-corrected chi connectivity index (χ0v) is 11.9. The van der Waals surface area contributed by atoms with Crippen LogP contribution in [0.2, 0.25) is 0 Å². The predicted molar refractivity (Wildman–Crippen MR) is 76.1 cm³/mol. The van der Waals surface area contributed by atoms with Gasteiger partial charge in [-0.25, -0.2) is 4.79 Å². The van der Waals surface area contributed by atoms with Crippen LogP contribution in [-0.2, 0) is 4.79 Å². The van der Waals surface area contributed by atoms with Gasteiger partial charge in [-0.15, -0.1) is 0 Å². The molecule has 0 fully saturated rings. The highest BCUT2D eigenvalue weighted by atomic mass is 79.9. The zero-order chi connectivity index (χ0) is 13.5. The summed E-state index contributed by atoms with van der Waals surface area (Å²) >= 11 is 4.59. The molecule has 0 atom stereocenters. The number of rotatable bonds is 6. The molecule has 0 heterocycles. The van der Waals surface area contributed by atoms with Crippen molar-refractivity contribution in [1.29, 1.82) is 0 Å². The van der Waals surface area contributed by atoms with E-state index < -0.39 is 5.97 Å². The Kier molecular flexibility index (Phi) is 6.17. The molecule has 0 aromatic heterocycles. The van der Waals surface area contributed by atoms with Crippen LogP contribution in [0.4, 0.5) is 5.69 Å². The van der Waals surface area contributed by atoms with Gasteiger partial charge in [0.05, 0.1) is 17.0 Å². The second-order valence-electron chi connectivity index (χ2n) is 3.38. The van der Waals surface area contributed by atoms with Crippen molar-refractivity contribution in [2.45, 2.75) is 0 Å². The van der Waals surface area contributed by atoms with Crippen molar-refractivity contribution < 1.29 is 14.7 Å². The van der Waals surface area contributed by atoms with Crippen LogP contribution in [0, 0.1) is 0 Å². The number of halogens is 1. The number of hydrogen-bond donors (Lipinski definition) is 3. The van der Waals surface area contributed by atoms with Gasteiger partial charge >= 0.3 is 5.97 Å². The third-order valence-electron chi connectivity index (χ3n) is 1.98. The maximum absolute atomic E-state index is 11.6. The highest BCUT2D eigenvalue weighted by Crippen LogP contribution is 2.21. The molecule has 18 heavy (non-hydrogen) atoms. The molecule has 0 aliphatic heterocycles. The third-order valence-corrected chi connectivity index (χ3v) is 3.47. The number of aromatic carboxylic acids is 1. The molecule has 0 spiro atoms. The minimum Gasteiger partial charge on any atom is -0.478 e. The summed E-state index contributed by atoms with van der Waals surface area (Å²) in [4.78, 5) is 22.6. The first-order valence-electron chi connectivity index (χ1n) is 5.15. The Labute approximate surface area is 117 Å². The SMILES string of the molecule is NCCSCC(=O)Nc1ccc(Br)cc1C(=O)O. The summed E-state index contributed by atoms with van der Waals surface area (Å²) in [7, 11) is 0. The van der Waals surface area contributed by atoms with Gasteiger partial charge in [-0.3, -0.25) is 4.79 Å². The van der Waals surface area contributed by atoms with E-state index in [0.717, 1.165) is 0 Å². The molecule has 0 bridgehead atoms. The minimum absolute atomic E-state index is 0.0570. The van der Waals surface area contributed by atoms with Crippen molar-refractivity contribution in [3.05, 3.63) is 28.2 Å².